The van der Waals surface area contributed by atoms with Crippen molar-refractivity contribution in [2.75, 3.05) is 0 Å². The second-order valence-corrected chi connectivity index (χ2v) is 8.08. The normalized spacial score (nSPS) is 16.7. The Balaban J connectivity index is 1.69. The third-order valence-electron chi connectivity index (χ3n) is 4.48. The van der Waals surface area contributed by atoms with Gasteiger partial charge in [-0.1, -0.05) is 35.9 Å². The predicted molar refractivity (Wildman–Crippen MR) is 118 cm³/mol. The van der Waals surface area contributed by atoms with Crippen molar-refractivity contribution in [3.05, 3.63) is 69.7 Å². The summed E-state index contributed by atoms with van der Waals surface area (Å²) in [5.41, 5.74) is 8.74. The average Bonchev–Trinajstić information content (AvgIpc) is 3.19. The fraction of sp³-hybridized carbons (Fsp3) is 0.0952. The van der Waals surface area contributed by atoms with Gasteiger partial charge in [-0.05, 0) is 48.5 Å². The topological polar surface area (TPSA) is 89.5 Å². The number of carbonyl (C=O) groups is 2. The Morgan fingerprint density at radius 2 is 2.10 bits per heavy atom. The smallest absolute Gasteiger partial charge is 0.264 e. The summed E-state index contributed by atoms with van der Waals surface area (Å²) in [7, 11) is 0. The lowest BCUT2D eigenvalue weighted by atomic mass is 10.1. The highest BCUT2D eigenvalue weighted by Gasteiger charge is 2.24. The van der Waals surface area contributed by atoms with Crippen LogP contribution >= 0.6 is 23.4 Å². The first-order valence-electron chi connectivity index (χ1n) is 8.82. The quantitative estimate of drug-likeness (QED) is 0.621. The molecular formula is C21H17ClN4O2S. The van der Waals surface area contributed by atoms with Crippen LogP contribution in [-0.2, 0) is 16.1 Å². The third kappa shape index (κ3) is 4.06. The van der Waals surface area contributed by atoms with Crippen molar-refractivity contribution in [2.45, 2.75) is 13.5 Å². The molecule has 3 aromatic rings. The van der Waals surface area contributed by atoms with Gasteiger partial charge >= 0.3 is 0 Å². The van der Waals surface area contributed by atoms with Crippen LogP contribution in [0, 0.1) is 6.92 Å². The Morgan fingerprint density at radius 1 is 1.31 bits per heavy atom. The summed E-state index contributed by atoms with van der Waals surface area (Å²) in [6.45, 7) is 2.01. The Kier molecular flexibility index (Phi) is 5.17. The van der Waals surface area contributed by atoms with Gasteiger partial charge in [-0.2, -0.15) is 0 Å². The molecule has 0 spiro atoms. The SMILES string of the molecule is Cc1ccc(Cl)cc1N=C1NC(=O)/C(=C/c2cn(CC(N)=O)c3ccccc23)S1. The molecule has 0 bridgehead atoms. The number of halogens is 1. The molecule has 2 aromatic carbocycles. The Labute approximate surface area is 176 Å². The van der Waals surface area contributed by atoms with Gasteiger partial charge in [0.25, 0.3) is 5.91 Å². The van der Waals surface area contributed by atoms with Crippen molar-refractivity contribution >= 4 is 63.0 Å². The van der Waals surface area contributed by atoms with Crippen molar-refractivity contribution < 1.29 is 9.59 Å². The van der Waals surface area contributed by atoms with E-state index in [0.29, 0.717) is 20.8 Å². The first-order chi connectivity index (χ1) is 13.9. The van der Waals surface area contributed by atoms with Crippen LogP contribution < -0.4 is 11.1 Å². The van der Waals surface area contributed by atoms with Crippen LogP contribution in [0.5, 0.6) is 0 Å². The lowest BCUT2D eigenvalue weighted by Crippen LogP contribution is -2.19. The van der Waals surface area contributed by atoms with E-state index >= 15 is 0 Å². The molecule has 2 amide bonds. The standard InChI is InChI=1S/C21H17ClN4O2S/c1-12-6-7-14(22)9-16(12)24-21-25-20(28)18(29-21)8-13-10-26(11-19(23)27)17-5-3-2-4-15(13)17/h2-10H,11H2,1H3,(H2,23,27)(H,24,25,28)/b18-8-. The van der Waals surface area contributed by atoms with Gasteiger partial charge in [0.05, 0.1) is 10.6 Å². The van der Waals surface area contributed by atoms with Crippen molar-refractivity contribution in [1.29, 1.82) is 0 Å². The number of nitrogens with one attached hydrogen (secondary N) is 1. The number of aromatic nitrogens is 1. The number of amidine groups is 1. The van der Waals surface area contributed by atoms with Crippen LogP contribution in [0.15, 0.2) is 58.6 Å². The van der Waals surface area contributed by atoms with Crippen LogP contribution in [-0.4, -0.2) is 21.5 Å². The summed E-state index contributed by atoms with van der Waals surface area (Å²) < 4.78 is 1.78. The van der Waals surface area contributed by atoms with Crippen LogP contribution in [0.1, 0.15) is 11.1 Å². The zero-order valence-corrected chi connectivity index (χ0v) is 17.1. The van der Waals surface area contributed by atoms with Crippen molar-refractivity contribution in [3.63, 3.8) is 0 Å². The highest BCUT2D eigenvalue weighted by atomic mass is 35.5. The largest absolute Gasteiger partial charge is 0.368 e. The monoisotopic (exact) mass is 424 g/mol. The van der Waals surface area contributed by atoms with E-state index in [0.717, 1.165) is 22.0 Å². The number of para-hydroxylation sites is 1. The molecule has 4 rings (SSSR count). The van der Waals surface area contributed by atoms with Gasteiger partial charge in [-0.25, -0.2) is 4.99 Å². The molecule has 0 atom stereocenters. The van der Waals surface area contributed by atoms with E-state index in [1.165, 1.54) is 11.8 Å². The van der Waals surface area contributed by atoms with E-state index in [4.69, 9.17) is 17.3 Å². The molecule has 0 radical (unpaired) electrons. The number of hydrogen-bond donors (Lipinski definition) is 2. The number of amides is 2. The fourth-order valence-corrected chi connectivity index (χ4v) is 4.12. The molecule has 1 saturated heterocycles. The lowest BCUT2D eigenvalue weighted by molar-refractivity contribution is -0.118. The number of rotatable bonds is 4. The number of thioether (sulfide) groups is 1. The molecule has 0 saturated carbocycles. The molecule has 0 aliphatic carbocycles. The van der Waals surface area contributed by atoms with Crippen LogP contribution in [0.3, 0.4) is 0 Å². The summed E-state index contributed by atoms with van der Waals surface area (Å²) in [6, 6.07) is 13.1. The maximum absolute atomic E-state index is 12.5. The number of benzene rings is 2. The zero-order valence-electron chi connectivity index (χ0n) is 15.5. The number of nitrogens with two attached hydrogens (primary N) is 1. The molecule has 0 unspecified atom stereocenters. The van der Waals surface area contributed by atoms with E-state index in [1.807, 2.05) is 43.5 Å². The number of primary amides is 1. The minimum atomic E-state index is -0.427. The first-order valence-corrected chi connectivity index (χ1v) is 10.0. The van der Waals surface area contributed by atoms with E-state index in [-0.39, 0.29) is 12.5 Å². The van der Waals surface area contributed by atoms with Crippen molar-refractivity contribution in [1.82, 2.24) is 9.88 Å². The van der Waals surface area contributed by atoms with Gasteiger partial charge in [0.1, 0.15) is 6.54 Å². The molecule has 3 N–H and O–H groups in total. The fourth-order valence-electron chi connectivity index (χ4n) is 3.12. The number of aliphatic imine (C=N–C) groups is 1. The summed E-state index contributed by atoms with van der Waals surface area (Å²) in [5, 5.41) is 4.80. The minimum absolute atomic E-state index is 0.0732. The molecule has 6 nitrogen and oxygen atoms in total. The molecule has 29 heavy (non-hydrogen) atoms. The average molecular weight is 425 g/mol. The molecule has 1 aromatic heterocycles. The summed E-state index contributed by atoms with van der Waals surface area (Å²) >= 11 is 7.31. The summed E-state index contributed by atoms with van der Waals surface area (Å²) in [6.07, 6.45) is 3.62. The zero-order chi connectivity index (χ0) is 20.5. The summed E-state index contributed by atoms with van der Waals surface area (Å²) in [5.74, 6) is -0.649. The number of nitrogens with zero attached hydrogens (tertiary/aromatic N) is 2. The van der Waals surface area contributed by atoms with Gasteiger partial charge in [0.2, 0.25) is 5.91 Å². The van der Waals surface area contributed by atoms with Crippen LogP contribution in [0.4, 0.5) is 5.69 Å². The highest BCUT2D eigenvalue weighted by molar-refractivity contribution is 8.18. The van der Waals surface area contributed by atoms with Crippen molar-refractivity contribution in [2.24, 2.45) is 10.7 Å². The molecule has 1 aliphatic rings. The van der Waals surface area contributed by atoms with Crippen LogP contribution in [0.2, 0.25) is 5.02 Å². The molecule has 1 aliphatic heterocycles. The van der Waals surface area contributed by atoms with Gasteiger partial charge < -0.3 is 15.6 Å². The second kappa shape index (κ2) is 7.77. The molecule has 2 heterocycles. The van der Waals surface area contributed by atoms with E-state index < -0.39 is 5.91 Å². The number of carbonyl (C=O) groups excluding carboxylic acids is 2. The van der Waals surface area contributed by atoms with Crippen LogP contribution in [0.25, 0.3) is 17.0 Å². The highest BCUT2D eigenvalue weighted by Crippen LogP contribution is 2.32. The maximum Gasteiger partial charge on any atom is 0.264 e. The lowest BCUT2D eigenvalue weighted by Gasteiger charge is -2.01. The molecule has 146 valence electrons. The molecule has 8 heteroatoms. The van der Waals surface area contributed by atoms with Crippen molar-refractivity contribution in [3.8, 4) is 0 Å². The number of fused-ring (bicyclic) bond motifs is 1. The third-order valence-corrected chi connectivity index (χ3v) is 5.62. The Bertz CT molecular complexity index is 1210. The Morgan fingerprint density at radius 3 is 2.90 bits per heavy atom. The van der Waals surface area contributed by atoms with Gasteiger partial charge in [0.15, 0.2) is 5.17 Å². The molecular weight excluding hydrogens is 408 g/mol. The Hall–Kier alpha value is -3.03. The second-order valence-electron chi connectivity index (χ2n) is 6.61. The summed E-state index contributed by atoms with van der Waals surface area (Å²) in [4.78, 5) is 28.9. The first kappa shape index (κ1) is 19.3. The van der Waals surface area contributed by atoms with E-state index in [9.17, 15) is 9.59 Å². The molecule has 1 fully saturated rings. The van der Waals surface area contributed by atoms with Gasteiger partial charge in [-0.15, -0.1) is 0 Å². The van der Waals surface area contributed by atoms with Gasteiger partial charge in [0, 0.05) is 27.7 Å². The van der Waals surface area contributed by atoms with E-state index in [1.54, 1.807) is 22.8 Å². The van der Waals surface area contributed by atoms with Gasteiger partial charge in [-0.3, -0.25) is 9.59 Å². The van der Waals surface area contributed by atoms with E-state index in [2.05, 4.69) is 10.3 Å². The predicted octanol–water partition coefficient (Wildman–Crippen LogP) is 3.98. The minimum Gasteiger partial charge on any atom is -0.368 e. The number of aryl methyl sites for hydroxylation is 1. The number of hydrogen-bond acceptors (Lipinski definition) is 4. The maximum atomic E-state index is 12.5.